The first-order valence-corrected chi connectivity index (χ1v) is 5.83. The average molecular weight is 215 g/mol. The van der Waals surface area contributed by atoms with Crippen LogP contribution in [0.1, 0.15) is 37.4 Å². The summed E-state index contributed by atoms with van der Waals surface area (Å²) in [6, 6.07) is 6.27. The molecule has 1 aliphatic carbocycles. The van der Waals surface area contributed by atoms with Crippen molar-refractivity contribution >= 4 is 5.82 Å². The van der Waals surface area contributed by atoms with E-state index in [4.69, 9.17) is 5.26 Å². The number of aromatic nitrogens is 1. The van der Waals surface area contributed by atoms with Gasteiger partial charge in [-0.3, -0.25) is 0 Å². The average Bonchev–Trinajstić information content (AvgIpc) is 3.02. The van der Waals surface area contributed by atoms with Crippen LogP contribution in [-0.2, 0) is 0 Å². The van der Waals surface area contributed by atoms with Gasteiger partial charge in [0.2, 0.25) is 0 Å². The maximum absolute atomic E-state index is 8.99. The zero-order valence-corrected chi connectivity index (χ0v) is 9.83. The lowest BCUT2D eigenvalue weighted by Gasteiger charge is -2.15. The SMILES string of the molecule is Cc1ccc(C#N)c(NC(C)CC2CC2)n1. The minimum atomic E-state index is 0.397. The molecule has 2 rings (SSSR count). The van der Waals surface area contributed by atoms with E-state index < -0.39 is 0 Å². The van der Waals surface area contributed by atoms with Crippen LogP contribution in [0.3, 0.4) is 0 Å². The first-order valence-electron chi connectivity index (χ1n) is 5.83. The number of anilines is 1. The lowest BCUT2D eigenvalue weighted by atomic mass is 10.1. The molecule has 0 spiro atoms. The van der Waals surface area contributed by atoms with Gasteiger partial charge in [0.05, 0.1) is 5.56 Å². The summed E-state index contributed by atoms with van der Waals surface area (Å²) in [7, 11) is 0. The first-order chi connectivity index (χ1) is 7.69. The molecule has 3 nitrogen and oxygen atoms in total. The van der Waals surface area contributed by atoms with Gasteiger partial charge in [-0.25, -0.2) is 4.98 Å². The molecule has 84 valence electrons. The van der Waals surface area contributed by atoms with Gasteiger partial charge in [0.15, 0.2) is 0 Å². The number of aryl methyl sites for hydroxylation is 1. The van der Waals surface area contributed by atoms with Crippen molar-refractivity contribution < 1.29 is 0 Å². The topological polar surface area (TPSA) is 48.7 Å². The Labute approximate surface area is 96.5 Å². The van der Waals surface area contributed by atoms with Crippen LogP contribution in [0, 0.1) is 24.2 Å². The summed E-state index contributed by atoms with van der Waals surface area (Å²) in [5.74, 6) is 1.62. The molecular formula is C13H17N3. The number of hydrogen-bond donors (Lipinski definition) is 1. The van der Waals surface area contributed by atoms with E-state index in [0.29, 0.717) is 11.6 Å². The quantitative estimate of drug-likeness (QED) is 0.840. The van der Waals surface area contributed by atoms with E-state index >= 15 is 0 Å². The number of nitrogens with one attached hydrogen (secondary N) is 1. The van der Waals surface area contributed by atoms with Crippen molar-refractivity contribution in [1.29, 1.82) is 5.26 Å². The van der Waals surface area contributed by atoms with Crippen molar-refractivity contribution in [2.24, 2.45) is 5.92 Å². The van der Waals surface area contributed by atoms with Gasteiger partial charge in [0.25, 0.3) is 0 Å². The fourth-order valence-electron chi connectivity index (χ4n) is 1.90. The van der Waals surface area contributed by atoms with Gasteiger partial charge in [0.1, 0.15) is 11.9 Å². The molecule has 1 aliphatic rings. The number of hydrogen-bond acceptors (Lipinski definition) is 3. The minimum Gasteiger partial charge on any atom is -0.367 e. The molecule has 1 heterocycles. The molecular weight excluding hydrogens is 198 g/mol. The number of pyridine rings is 1. The monoisotopic (exact) mass is 215 g/mol. The molecule has 0 aliphatic heterocycles. The summed E-state index contributed by atoms with van der Waals surface area (Å²) in [5.41, 5.74) is 1.58. The van der Waals surface area contributed by atoms with Crippen LogP contribution in [0.2, 0.25) is 0 Å². The lowest BCUT2D eigenvalue weighted by molar-refractivity contribution is 0.639. The van der Waals surface area contributed by atoms with Gasteiger partial charge in [-0.2, -0.15) is 5.26 Å². The largest absolute Gasteiger partial charge is 0.367 e. The summed E-state index contributed by atoms with van der Waals surface area (Å²) in [5, 5.41) is 12.3. The second kappa shape index (κ2) is 4.52. The second-order valence-corrected chi connectivity index (χ2v) is 4.69. The molecule has 1 aromatic rings. The molecule has 1 atom stereocenters. The third-order valence-corrected chi connectivity index (χ3v) is 2.92. The maximum Gasteiger partial charge on any atom is 0.144 e. The van der Waals surface area contributed by atoms with E-state index in [2.05, 4.69) is 23.3 Å². The van der Waals surface area contributed by atoms with Crippen molar-refractivity contribution in [3.63, 3.8) is 0 Å². The standard InChI is InChI=1S/C13H17N3/c1-9-3-6-12(8-14)13(15-9)16-10(2)7-11-4-5-11/h3,6,10-11H,4-5,7H2,1-2H3,(H,15,16). The molecule has 3 heteroatoms. The zero-order valence-electron chi connectivity index (χ0n) is 9.83. The molecule has 0 aromatic carbocycles. The highest BCUT2D eigenvalue weighted by Crippen LogP contribution is 2.34. The predicted octanol–water partition coefficient (Wildman–Crippen LogP) is 2.86. The Hall–Kier alpha value is -1.56. The van der Waals surface area contributed by atoms with Gasteiger partial charge in [-0.05, 0) is 38.3 Å². The van der Waals surface area contributed by atoms with Crippen molar-refractivity contribution in [3.8, 4) is 6.07 Å². The van der Waals surface area contributed by atoms with E-state index in [0.717, 1.165) is 17.4 Å². The van der Waals surface area contributed by atoms with E-state index in [1.54, 1.807) is 0 Å². The van der Waals surface area contributed by atoms with Crippen LogP contribution in [-0.4, -0.2) is 11.0 Å². The van der Waals surface area contributed by atoms with E-state index in [-0.39, 0.29) is 0 Å². The van der Waals surface area contributed by atoms with Crippen LogP contribution in [0.4, 0.5) is 5.82 Å². The molecule has 0 radical (unpaired) electrons. The summed E-state index contributed by atoms with van der Waals surface area (Å²) in [6.07, 6.45) is 3.90. The summed E-state index contributed by atoms with van der Waals surface area (Å²) >= 11 is 0. The molecule has 0 bridgehead atoms. The Kier molecular flexibility index (Phi) is 3.09. The Balaban J connectivity index is 2.06. The Morgan fingerprint density at radius 3 is 2.94 bits per heavy atom. The van der Waals surface area contributed by atoms with Crippen molar-refractivity contribution in [1.82, 2.24) is 4.98 Å². The Morgan fingerprint density at radius 2 is 2.31 bits per heavy atom. The van der Waals surface area contributed by atoms with Crippen LogP contribution in [0.15, 0.2) is 12.1 Å². The number of nitrogens with zero attached hydrogens (tertiary/aromatic N) is 2. The lowest BCUT2D eigenvalue weighted by Crippen LogP contribution is -2.17. The molecule has 1 N–H and O–H groups in total. The fourth-order valence-corrected chi connectivity index (χ4v) is 1.90. The van der Waals surface area contributed by atoms with E-state index in [9.17, 15) is 0 Å². The predicted molar refractivity (Wildman–Crippen MR) is 64.1 cm³/mol. The molecule has 1 fully saturated rings. The molecule has 1 aromatic heterocycles. The maximum atomic E-state index is 8.99. The second-order valence-electron chi connectivity index (χ2n) is 4.69. The summed E-state index contributed by atoms with van der Waals surface area (Å²) in [4.78, 5) is 4.38. The van der Waals surface area contributed by atoms with Crippen molar-refractivity contribution in [3.05, 3.63) is 23.4 Å². The molecule has 0 amide bonds. The molecule has 1 unspecified atom stereocenters. The van der Waals surface area contributed by atoms with E-state index in [1.807, 2.05) is 19.1 Å². The summed E-state index contributed by atoms with van der Waals surface area (Å²) in [6.45, 7) is 4.10. The van der Waals surface area contributed by atoms with Crippen molar-refractivity contribution in [2.45, 2.75) is 39.2 Å². The molecule has 16 heavy (non-hydrogen) atoms. The molecule has 0 saturated heterocycles. The van der Waals surface area contributed by atoms with Gasteiger partial charge >= 0.3 is 0 Å². The Morgan fingerprint density at radius 1 is 1.56 bits per heavy atom. The highest BCUT2D eigenvalue weighted by molar-refractivity contribution is 5.52. The fraction of sp³-hybridized carbons (Fsp3) is 0.538. The van der Waals surface area contributed by atoms with Crippen LogP contribution < -0.4 is 5.32 Å². The highest BCUT2D eigenvalue weighted by Gasteiger charge is 2.23. The first kappa shape index (κ1) is 10.9. The van der Waals surface area contributed by atoms with Crippen LogP contribution >= 0.6 is 0 Å². The smallest absolute Gasteiger partial charge is 0.144 e. The zero-order chi connectivity index (χ0) is 11.5. The third kappa shape index (κ3) is 2.73. The number of nitriles is 1. The minimum absolute atomic E-state index is 0.397. The van der Waals surface area contributed by atoms with Crippen LogP contribution in [0.25, 0.3) is 0 Å². The van der Waals surface area contributed by atoms with Gasteiger partial charge in [-0.15, -0.1) is 0 Å². The van der Waals surface area contributed by atoms with Crippen molar-refractivity contribution in [2.75, 3.05) is 5.32 Å². The van der Waals surface area contributed by atoms with Gasteiger partial charge in [-0.1, -0.05) is 12.8 Å². The van der Waals surface area contributed by atoms with Gasteiger partial charge < -0.3 is 5.32 Å². The highest BCUT2D eigenvalue weighted by atomic mass is 15.0. The van der Waals surface area contributed by atoms with Crippen LogP contribution in [0.5, 0.6) is 0 Å². The molecule has 1 saturated carbocycles. The van der Waals surface area contributed by atoms with Gasteiger partial charge in [0, 0.05) is 11.7 Å². The number of rotatable bonds is 4. The van der Waals surface area contributed by atoms with E-state index in [1.165, 1.54) is 19.3 Å². The summed E-state index contributed by atoms with van der Waals surface area (Å²) < 4.78 is 0. The normalized spacial score (nSPS) is 16.6. The Bertz CT molecular complexity index is 416. The third-order valence-electron chi connectivity index (χ3n) is 2.92.